The number of nitriles is 1. The smallest absolute Gasteiger partial charge is 0.207 e. The number of benzene rings is 1. The summed E-state index contributed by atoms with van der Waals surface area (Å²) in [6, 6.07) is 8.65. The van der Waals surface area contributed by atoms with E-state index in [2.05, 4.69) is 39.2 Å². The van der Waals surface area contributed by atoms with E-state index in [9.17, 15) is 10.4 Å². The van der Waals surface area contributed by atoms with Gasteiger partial charge in [-0.25, -0.2) is 0 Å². The molecule has 2 N–H and O–H groups in total. The van der Waals surface area contributed by atoms with Crippen molar-refractivity contribution in [1.82, 2.24) is 10.2 Å². The van der Waals surface area contributed by atoms with E-state index >= 15 is 0 Å². The normalized spacial score (nSPS) is 35.4. The van der Waals surface area contributed by atoms with Crippen LogP contribution in [0.1, 0.15) is 39.0 Å². The number of aliphatic hydroxyl groups is 1. The van der Waals surface area contributed by atoms with Gasteiger partial charge in [-0.1, -0.05) is 0 Å². The zero-order chi connectivity index (χ0) is 22.3. The summed E-state index contributed by atoms with van der Waals surface area (Å²) in [7, 11) is 1.69. The monoisotopic (exact) mass is 437 g/mol. The van der Waals surface area contributed by atoms with Crippen LogP contribution in [0.4, 0.5) is 5.69 Å². The Bertz CT molecular complexity index is 871. The summed E-state index contributed by atoms with van der Waals surface area (Å²) in [6.07, 6.45) is 7.22. The first-order valence-corrected chi connectivity index (χ1v) is 12.1. The lowest BCUT2D eigenvalue weighted by atomic mass is 9.52. The standard InChI is InChI=1S/C25H35N5O2/c1-17(29-7-9-30(10-8-29)21-3-5-22(32-2)6-4-21)24(27-16-26)28-23-19-11-18-12-20(23)15-25(31,13-18)14-19/h3-6,17-20,23,31H,7-15H2,1-2H3,(H,27,28). The van der Waals surface area contributed by atoms with E-state index in [1.54, 1.807) is 7.11 Å². The molecule has 1 heterocycles. The van der Waals surface area contributed by atoms with Crippen LogP contribution in [0, 0.1) is 29.2 Å². The first kappa shape index (κ1) is 21.5. The van der Waals surface area contributed by atoms with Gasteiger partial charge in [0.15, 0.2) is 0 Å². The zero-order valence-electron chi connectivity index (χ0n) is 19.2. The molecule has 5 fully saturated rings. The lowest BCUT2D eigenvalue weighted by Gasteiger charge is -2.58. The maximum atomic E-state index is 10.9. The van der Waals surface area contributed by atoms with Gasteiger partial charge < -0.3 is 20.1 Å². The minimum atomic E-state index is -0.440. The number of aliphatic imine (C=N–C) groups is 1. The molecule has 1 aliphatic heterocycles. The fourth-order valence-corrected chi connectivity index (χ4v) is 7.02. The van der Waals surface area contributed by atoms with Gasteiger partial charge in [-0.15, -0.1) is 0 Å². The Labute approximate surface area is 191 Å². The predicted molar refractivity (Wildman–Crippen MR) is 125 cm³/mol. The first-order valence-electron chi connectivity index (χ1n) is 12.1. The lowest BCUT2D eigenvalue weighted by Crippen LogP contribution is -2.63. The molecule has 5 aliphatic rings. The van der Waals surface area contributed by atoms with Gasteiger partial charge in [0.2, 0.25) is 6.19 Å². The fourth-order valence-electron chi connectivity index (χ4n) is 7.02. The van der Waals surface area contributed by atoms with Crippen LogP contribution in [-0.2, 0) is 0 Å². The summed E-state index contributed by atoms with van der Waals surface area (Å²) >= 11 is 0. The van der Waals surface area contributed by atoms with Crippen molar-refractivity contribution >= 4 is 11.5 Å². The Morgan fingerprint density at radius 3 is 2.38 bits per heavy atom. The van der Waals surface area contributed by atoms with Crippen LogP contribution in [0.3, 0.4) is 0 Å². The largest absolute Gasteiger partial charge is 0.497 e. The highest BCUT2D eigenvalue weighted by molar-refractivity contribution is 5.88. The molecular formula is C25H35N5O2. The van der Waals surface area contributed by atoms with Crippen LogP contribution in [-0.4, -0.2) is 66.8 Å². The molecule has 0 amide bonds. The van der Waals surface area contributed by atoms with Crippen molar-refractivity contribution < 1.29 is 9.84 Å². The molecule has 32 heavy (non-hydrogen) atoms. The Morgan fingerprint density at radius 1 is 1.16 bits per heavy atom. The summed E-state index contributed by atoms with van der Waals surface area (Å²) in [4.78, 5) is 9.07. The molecule has 1 aromatic carbocycles. The van der Waals surface area contributed by atoms with Gasteiger partial charge in [-0.2, -0.15) is 10.3 Å². The molecule has 1 saturated heterocycles. The summed E-state index contributed by atoms with van der Waals surface area (Å²) < 4.78 is 5.27. The van der Waals surface area contributed by atoms with Crippen LogP contribution in [0.5, 0.6) is 5.75 Å². The second-order valence-electron chi connectivity index (χ2n) is 10.4. The predicted octanol–water partition coefficient (Wildman–Crippen LogP) is 2.61. The topological polar surface area (TPSA) is 84.1 Å². The summed E-state index contributed by atoms with van der Waals surface area (Å²) in [5.41, 5.74) is 0.776. The quantitative estimate of drug-likeness (QED) is 0.419. The molecule has 7 heteroatoms. The van der Waals surface area contributed by atoms with Gasteiger partial charge in [-0.05, 0) is 81.0 Å². The van der Waals surface area contributed by atoms with E-state index in [0.717, 1.165) is 57.0 Å². The number of methoxy groups -OCH3 is 1. The zero-order valence-corrected chi connectivity index (χ0v) is 19.2. The molecule has 4 saturated carbocycles. The van der Waals surface area contributed by atoms with Crippen molar-refractivity contribution in [2.24, 2.45) is 22.7 Å². The van der Waals surface area contributed by atoms with E-state index in [4.69, 9.17) is 4.74 Å². The number of hydrogen-bond acceptors (Lipinski definition) is 6. The summed E-state index contributed by atoms with van der Waals surface area (Å²) in [6.45, 7) is 5.91. The van der Waals surface area contributed by atoms with Gasteiger partial charge >= 0.3 is 0 Å². The van der Waals surface area contributed by atoms with E-state index in [0.29, 0.717) is 23.8 Å². The second-order valence-corrected chi connectivity index (χ2v) is 10.4. The fraction of sp³-hybridized carbons (Fsp3) is 0.680. The van der Waals surface area contributed by atoms with Gasteiger partial charge in [0, 0.05) is 37.9 Å². The number of ether oxygens (including phenoxy) is 1. The Balaban J connectivity index is 1.21. The van der Waals surface area contributed by atoms with E-state index in [1.165, 1.54) is 18.5 Å². The van der Waals surface area contributed by atoms with Crippen LogP contribution >= 0.6 is 0 Å². The Kier molecular flexibility index (Phi) is 5.77. The highest BCUT2D eigenvalue weighted by Crippen LogP contribution is 2.55. The number of anilines is 1. The molecule has 3 unspecified atom stereocenters. The van der Waals surface area contributed by atoms with Crippen molar-refractivity contribution in [3.05, 3.63) is 24.3 Å². The molecule has 1 aromatic rings. The van der Waals surface area contributed by atoms with Crippen LogP contribution in [0.2, 0.25) is 0 Å². The molecule has 7 nitrogen and oxygen atoms in total. The summed E-state index contributed by atoms with van der Waals surface area (Å²) in [5.74, 6) is 3.34. The molecule has 0 spiro atoms. The van der Waals surface area contributed by atoms with Crippen molar-refractivity contribution in [2.75, 3.05) is 38.2 Å². The highest BCUT2D eigenvalue weighted by Gasteiger charge is 2.55. The molecule has 6 rings (SSSR count). The van der Waals surface area contributed by atoms with Crippen molar-refractivity contribution in [1.29, 1.82) is 5.26 Å². The minimum absolute atomic E-state index is 0.0768. The van der Waals surface area contributed by atoms with Crippen molar-refractivity contribution in [3.8, 4) is 11.9 Å². The van der Waals surface area contributed by atoms with Gasteiger partial charge in [-0.3, -0.25) is 4.90 Å². The van der Waals surface area contributed by atoms with Gasteiger partial charge in [0.05, 0.1) is 18.8 Å². The van der Waals surface area contributed by atoms with Crippen molar-refractivity contribution in [2.45, 2.75) is 56.7 Å². The number of rotatable bonds is 5. The third kappa shape index (κ3) is 4.06. The number of hydrogen-bond donors (Lipinski definition) is 2. The number of piperazine rings is 1. The third-order valence-electron chi connectivity index (χ3n) is 8.42. The van der Waals surface area contributed by atoms with Gasteiger partial charge in [0.1, 0.15) is 11.6 Å². The third-order valence-corrected chi connectivity index (χ3v) is 8.42. The molecule has 172 valence electrons. The molecule has 3 atom stereocenters. The molecule has 0 aromatic heterocycles. The Hall–Kier alpha value is -2.30. The SMILES string of the molecule is COc1ccc(N2CCN(C(C)/C(=N\C#N)NC3C4CC5CC3CC(O)(C5)C4)CC2)cc1. The second kappa shape index (κ2) is 8.57. The minimum Gasteiger partial charge on any atom is -0.497 e. The van der Waals surface area contributed by atoms with Gasteiger partial charge in [0.25, 0.3) is 0 Å². The average Bonchev–Trinajstić information content (AvgIpc) is 2.79. The highest BCUT2D eigenvalue weighted by atomic mass is 16.5. The van der Waals surface area contributed by atoms with E-state index in [-0.39, 0.29) is 6.04 Å². The molecule has 4 aliphatic carbocycles. The van der Waals surface area contributed by atoms with Crippen LogP contribution in [0.15, 0.2) is 29.3 Å². The molecule has 0 radical (unpaired) electrons. The Morgan fingerprint density at radius 2 is 1.81 bits per heavy atom. The number of amidine groups is 1. The molecular weight excluding hydrogens is 402 g/mol. The van der Waals surface area contributed by atoms with E-state index < -0.39 is 5.60 Å². The van der Waals surface area contributed by atoms with E-state index in [1.807, 2.05) is 18.3 Å². The van der Waals surface area contributed by atoms with Crippen LogP contribution < -0.4 is 15.0 Å². The lowest BCUT2D eigenvalue weighted by molar-refractivity contribution is -0.136. The maximum Gasteiger partial charge on any atom is 0.207 e. The summed E-state index contributed by atoms with van der Waals surface area (Å²) in [5, 5.41) is 24.0. The number of nitrogens with one attached hydrogen (secondary N) is 1. The maximum absolute atomic E-state index is 10.9. The average molecular weight is 438 g/mol. The number of nitrogens with zero attached hydrogens (tertiary/aromatic N) is 4. The van der Waals surface area contributed by atoms with Crippen molar-refractivity contribution in [3.63, 3.8) is 0 Å². The van der Waals surface area contributed by atoms with Crippen LogP contribution in [0.25, 0.3) is 0 Å². The molecule has 4 bridgehead atoms. The first-order chi connectivity index (χ1) is 15.5.